The number of ether oxygens (including phenoxy) is 2. The average Bonchev–Trinajstić information content (AvgIpc) is 2.37. The lowest BCUT2D eigenvalue weighted by Crippen LogP contribution is -2.19. The summed E-state index contributed by atoms with van der Waals surface area (Å²) >= 11 is 0. The van der Waals surface area contributed by atoms with Gasteiger partial charge in [0.25, 0.3) is 0 Å². The van der Waals surface area contributed by atoms with Crippen LogP contribution in [0.1, 0.15) is 31.1 Å². The van der Waals surface area contributed by atoms with E-state index in [1.165, 1.54) is 6.07 Å². The summed E-state index contributed by atoms with van der Waals surface area (Å²) < 4.78 is 15.5. The van der Waals surface area contributed by atoms with Crippen molar-refractivity contribution in [1.82, 2.24) is 0 Å². The first-order chi connectivity index (χ1) is 9.51. The molecule has 5 nitrogen and oxygen atoms in total. The number of hydrogen-bond donors (Lipinski definition) is 0. The average molecular weight is 276 g/mol. The maximum atomic E-state index is 11.8. The number of carbonyl (C=O) groups excluding carboxylic acids is 1. The molecule has 2 aromatic rings. The summed E-state index contributed by atoms with van der Waals surface area (Å²) in [6, 6.07) is 6.58. The SMILES string of the molecule is CCOc1ccc2cc(C(=O)OC(C)C)c(=O)oc2c1. The Bertz CT molecular complexity index is 684. The standard InChI is InChI=1S/C15H16O5/c1-4-18-11-6-5-10-7-12(14(16)19-9(2)3)15(17)20-13(10)8-11/h5-9H,4H2,1-3H3. The van der Waals surface area contributed by atoms with E-state index in [-0.39, 0.29) is 11.7 Å². The summed E-state index contributed by atoms with van der Waals surface area (Å²) in [4.78, 5) is 23.6. The topological polar surface area (TPSA) is 65.7 Å². The molecule has 0 N–H and O–H groups in total. The van der Waals surface area contributed by atoms with Crippen LogP contribution < -0.4 is 10.4 Å². The molecule has 0 bridgehead atoms. The van der Waals surface area contributed by atoms with Crippen LogP contribution in [0.3, 0.4) is 0 Å². The summed E-state index contributed by atoms with van der Waals surface area (Å²) in [5.41, 5.74) is -0.436. The molecule has 106 valence electrons. The molecule has 1 aromatic carbocycles. The van der Waals surface area contributed by atoms with Gasteiger partial charge in [0, 0.05) is 11.5 Å². The van der Waals surface area contributed by atoms with Gasteiger partial charge in [0.1, 0.15) is 16.9 Å². The molecule has 2 rings (SSSR count). The molecule has 0 aliphatic carbocycles. The predicted molar refractivity (Wildman–Crippen MR) is 74.2 cm³/mol. The maximum Gasteiger partial charge on any atom is 0.351 e. The number of esters is 1. The number of rotatable bonds is 4. The zero-order chi connectivity index (χ0) is 14.7. The van der Waals surface area contributed by atoms with E-state index < -0.39 is 11.6 Å². The van der Waals surface area contributed by atoms with Gasteiger partial charge in [-0.1, -0.05) is 0 Å². The number of fused-ring (bicyclic) bond motifs is 1. The zero-order valence-corrected chi connectivity index (χ0v) is 11.6. The fourth-order valence-corrected chi connectivity index (χ4v) is 1.77. The van der Waals surface area contributed by atoms with Gasteiger partial charge in [0.15, 0.2) is 0 Å². The summed E-state index contributed by atoms with van der Waals surface area (Å²) in [5.74, 6) is -0.0646. The molecule has 1 aromatic heterocycles. The van der Waals surface area contributed by atoms with Gasteiger partial charge >= 0.3 is 11.6 Å². The zero-order valence-electron chi connectivity index (χ0n) is 11.6. The van der Waals surface area contributed by atoms with Crippen LogP contribution in [0.2, 0.25) is 0 Å². The fraction of sp³-hybridized carbons (Fsp3) is 0.333. The van der Waals surface area contributed by atoms with Crippen LogP contribution in [0.15, 0.2) is 33.5 Å². The number of carbonyl (C=O) groups is 1. The summed E-state index contributed by atoms with van der Waals surface area (Å²) in [6.45, 7) is 5.82. The van der Waals surface area contributed by atoms with Crippen LogP contribution in [-0.4, -0.2) is 18.7 Å². The van der Waals surface area contributed by atoms with Crippen molar-refractivity contribution in [2.24, 2.45) is 0 Å². The molecular weight excluding hydrogens is 260 g/mol. The highest BCUT2D eigenvalue weighted by Gasteiger charge is 2.16. The van der Waals surface area contributed by atoms with Gasteiger partial charge in [-0.15, -0.1) is 0 Å². The van der Waals surface area contributed by atoms with E-state index in [4.69, 9.17) is 13.9 Å². The molecule has 0 saturated carbocycles. The Morgan fingerprint density at radius 3 is 2.70 bits per heavy atom. The van der Waals surface area contributed by atoms with Gasteiger partial charge in [-0.25, -0.2) is 9.59 Å². The quantitative estimate of drug-likeness (QED) is 0.634. The van der Waals surface area contributed by atoms with Crippen molar-refractivity contribution >= 4 is 16.9 Å². The second-order valence-electron chi connectivity index (χ2n) is 4.53. The molecule has 0 saturated heterocycles. The van der Waals surface area contributed by atoms with E-state index in [2.05, 4.69) is 0 Å². The third-order valence-corrected chi connectivity index (χ3v) is 2.58. The molecule has 0 radical (unpaired) electrons. The first-order valence-corrected chi connectivity index (χ1v) is 6.43. The van der Waals surface area contributed by atoms with Gasteiger partial charge in [-0.05, 0) is 39.0 Å². The minimum absolute atomic E-state index is 0.102. The Hall–Kier alpha value is -2.30. The maximum absolute atomic E-state index is 11.8. The molecule has 0 unspecified atom stereocenters. The highest BCUT2D eigenvalue weighted by atomic mass is 16.5. The van der Waals surface area contributed by atoms with Crippen molar-refractivity contribution in [3.63, 3.8) is 0 Å². The highest BCUT2D eigenvalue weighted by molar-refractivity contribution is 5.93. The van der Waals surface area contributed by atoms with E-state index in [1.807, 2.05) is 6.92 Å². The van der Waals surface area contributed by atoms with E-state index in [1.54, 1.807) is 32.0 Å². The molecule has 5 heteroatoms. The predicted octanol–water partition coefficient (Wildman–Crippen LogP) is 2.76. The van der Waals surface area contributed by atoms with Gasteiger partial charge < -0.3 is 13.9 Å². The Labute approximate surface area is 116 Å². The molecule has 0 amide bonds. The molecule has 1 heterocycles. The number of hydrogen-bond acceptors (Lipinski definition) is 5. The largest absolute Gasteiger partial charge is 0.494 e. The van der Waals surface area contributed by atoms with E-state index in [9.17, 15) is 9.59 Å². The van der Waals surface area contributed by atoms with Crippen LogP contribution >= 0.6 is 0 Å². The van der Waals surface area contributed by atoms with Crippen molar-refractivity contribution in [3.8, 4) is 5.75 Å². The van der Waals surface area contributed by atoms with Crippen LogP contribution in [0, 0.1) is 0 Å². The van der Waals surface area contributed by atoms with Gasteiger partial charge in [-0.2, -0.15) is 0 Å². The lowest BCUT2D eigenvalue weighted by molar-refractivity contribution is 0.0373. The molecule has 0 aliphatic rings. The third-order valence-electron chi connectivity index (χ3n) is 2.58. The first kappa shape index (κ1) is 14.1. The summed E-state index contributed by atoms with van der Waals surface area (Å²) in [6.07, 6.45) is -0.294. The van der Waals surface area contributed by atoms with Crippen LogP contribution in [-0.2, 0) is 4.74 Å². The molecule has 20 heavy (non-hydrogen) atoms. The Morgan fingerprint density at radius 2 is 2.05 bits per heavy atom. The van der Waals surface area contributed by atoms with E-state index in [0.717, 1.165) is 0 Å². The van der Waals surface area contributed by atoms with Crippen molar-refractivity contribution in [3.05, 3.63) is 40.2 Å². The van der Waals surface area contributed by atoms with E-state index in [0.29, 0.717) is 23.3 Å². The minimum atomic E-state index is -0.711. The Kier molecular flexibility index (Phi) is 4.08. The molecular formula is C15H16O5. The summed E-state index contributed by atoms with van der Waals surface area (Å²) in [5, 5.41) is 0.642. The molecule has 0 spiro atoms. The van der Waals surface area contributed by atoms with Gasteiger partial charge in [0.2, 0.25) is 0 Å². The van der Waals surface area contributed by atoms with Gasteiger partial charge in [-0.3, -0.25) is 0 Å². The summed E-state index contributed by atoms with van der Waals surface area (Å²) in [7, 11) is 0. The third kappa shape index (κ3) is 2.99. The lowest BCUT2D eigenvalue weighted by atomic mass is 10.2. The molecule has 0 aliphatic heterocycles. The lowest BCUT2D eigenvalue weighted by Gasteiger charge is -2.08. The smallest absolute Gasteiger partial charge is 0.351 e. The van der Waals surface area contributed by atoms with E-state index >= 15 is 0 Å². The van der Waals surface area contributed by atoms with Crippen molar-refractivity contribution in [2.75, 3.05) is 6.61 Å². The number of benzene rings is 1. The highest BCUT2D eigenvalue weighted by Crippen LogP contribution is 2.20. The minimum Gasteiger partial charge on any atom is -0.494 e. The Balaban J connectivity index is 2.45. The van der Waals surface area contributed by atoms with Crippen LogP contribution in [0.4, 0.5) is 0 Å². The molecule has 0 atom stereocenters. The van der Waals surface area contributed by atoms with Gasteiger partial charge in [0.05, 0.1) is 12.7 Å². The second kappa shape index (κ2) is 5.77. The monoisotopic (exact) mass is 276 g/mol. The molecule has 0 fully saturated rings. The first-order valence-electron chi connectivity index (χ1n) is 6.43. The van der Waals surface area contributed by atoms with Crippen molar-refractivity contribution in [1.29, 1.82) is 0 Å². The Morgan fingerprint density at radius 1 is 1.30 bits per heavy atom. The normalized spacial score (nSPS) is 10.8. The second-order valence-corrected chi connectivity index (χ2v) is 4.53. The van der Waals surface area contributed by atoms with Crippen molar-refractivity contribution < 1.29 is 18.7 Å². The fourth-order valence-electron chi connectivity index (χ4n) is 1.77. The van der Waals surface area contributed by atoms with Crippen molar-refractivity contribution in [2.45, 2.75) is 26.9 Å². The van der Waals surface area contributed by atoms with Crippen LogP contribution in [0.25, 0.3) is 11.0 Å². The van der Waals surface area contributed by atoms with Crippen LogP contribution in [0.5, 0.6) is 5.75 Å².